The van der Waals surface area contributed by atoms with Crippen LogP contribution in [0.2, 0.25) is 10.0 Å². The number of esters is 1. The molecule has 2 aromatic rings. The number of urea groups is 1. The zero-order valence-corrected chi connectivity index (χ0v) is 18.0. The molecule has 0 radical (unpaired) electrons. The number of ether oxygens (including phenoxy) is 1. The molecule has 0 spiro atoms. The van der Waals surface area contributed by atoms with Gasteiger partial charge in [-0.05, 0) is 36.2 Å². The van der Waals surface area contributed by atoms with E-state index < -0.39 is 24.5 Å². The molecule has 162 valence electrons. The summed E-state index contributed by atoms with van der Waals surface area (Å²) >= 11 is 11.9. The van der Waals surface area contributed by atoms with Crippen LogP contribution in [0, 0.1) is 0 Å². The monoisotopic (exact) mass is 463 g/mol. The fourth-order valence-corrected chi connectivity index (χ4v) is 3.31. The standard InChI is InChI=1S/C21H19Cl2N3O5/c1-12(13-6-7-16(22)17(23)8-13)25-18(27)11-31-20(29)15-5-3-2-4-14(15)10-26-19(28)9-24-21(26)30/h2-8,12H,9-11H2,1H3,(H,24,30)(H,25,27). The van der Waals surface area contributed by atoms with E-state index in [1.165, 1.54) is 6.07 Å². The van der Waals surface area contributed by atoms with Gasteiger partial charge in [0, 0.05) is 0 Å². The second-order valence-corrected chi connectivity index (χ2v) is 7.65. The van der Waals surface area contributed by atoms with E-state index in [-0.39, 0.29) is 30.6 Å². The van der Waals surface area contributed by atoms with E-state index in [9.17, 15) is 19.2 Å². The maximum atomic E-state index is 12.5. The number of amides is 4. The van der Waals surface area contributed by atoms with Gasteiger partial charge >= 0.3 is 12.0 Å². The van der Waals surface area contributed by atoms with E-state index in [2.05, 4.69) is 10.6 Å². The molecule has 0 aliphatic carbocycles. The maximum Gasteiger partial charge on any atom is 0.338 e. The number of hydrogen-bond donors (Lipinski definition) is 2. The molecule has 2 aromatic carbocycles. The summed E-state index contributed by atoms with van der Waals surface area (Å²) in [5, 5.41) is 5.91. The van der Waals surface area contributed by atoms with Crippen molar-refractivity contribution in [3.63, 3.8) is 0 Å². The van der Waals surface area contributed by atoms with Crippen LogP contribution in [0.1, 0.15) is 34.5 Å². The molecule has 10 heteroatoms. The van der Waals surface area contributed by atoms with Gasteiger partial charge in [0.05, 0.1) is 34.7 Å². The normalized spacial score (nSPS) is 14.2. The minimum Gasteiger partial charge on any atom is -0.452 e. The lowest BCUT2D eigenvalue weighted by atomic mass is 10.1. The van der Waals surface area contributed by atoms with Gasteiger partial charge in [-0.15, -0.1) is 0 Å². The Balaban J connectivity index is 1.59. The molecule has 1 unspecified atom stereocenters. The zero-order chi connectivity index (χ0) is 22.5. The highest BCUT2D eigenvalue weighted by molar-refractivity contribution is 6.42. The van der Waals surface area contributed by atoms with Gasteiger partial charge in [0.2, 0.25) is 5.91 Å². The van der Waals surface area contributed by atoms with Gasteiger partial charge in [0.1, 0.15) is 0 Å². The van der Waals surface area contributed by atoms with Crippen LogP contribution >= 0.6 is 23.2 Å². The fraction of sp³-hybridized carbons (Fsp3) is 0.238. The van der Waals surface area contributed by atoms with Crippen molar-refractivity contribution in [3.05, 3.63) is 69.2 Å². The molecule has 0 bridgehead atoms. The largest absolute Gasteiger partial charge is 0.452 e. The molecule has 1 aliphatic rings. The molecule has 0 saturated carbocycles. The van der Waals surface area contributed by atoms with E-state index in [4.69, 9.17) is 27.9 Å². The summed E-state index contributed by atoms with van der Waals surface area (Å²) in [6.07, 6.45) is 0. The average Bonchev–Trinajstić information content (AvgIpc) is 3.06. The molecule has 1 heterocycles. The van der Waals surface area contributed by atoms with E-state index in [0.717, 1.165) is 10.5 Å². The van der Waals surface area contributed by atoms with Gasteiger partial charge in [-0.2, -0.15) is 0 Å². The first-order chi connectivity index (χ1) is 14.8. The van der Waals surface area contributed by atoms with Gasteiger partial charge in [0.25, 0.3) is 5.91 Å². The Labute approximate surface area is 188 Å². The lowest BCUT2D eigenvalue weighted by molar-refractivity contribution is -0.125. The number of hydrogen-bond acceptors (Lipinski definition) is 5. The summed E-state index contributed by atoms with van der Waals surface area (Å²) in [5.41, 5.74) is 1.34. The van der Waals surface area contributed by atoms with E-state index in [1.54, 1.807) is 43.3 Å². The van der Waals surface area contributed by atoms with Gasteiger partial charge in [0.15, 0.2) is 6.61 Å². The summed E-state index contributed by atoms with van der Waals surface area (Å²) in [6.45, 7) is 1.10. The van der Waals surface area contributed by atoms with Crippen LogP contribution in [0.15, 0.2) is 42.5 Å². The third-order valence-corrected chi connectivity index (χ3v) is 5.40. The van der Waals surface area contributed by atoms with Crippen LogP contribution in [0.25, 0.3) is 0 Å². The van der Waals surface area contributed by atoms with Crippen LogP contribution in [0.4, 0.5) is 4.79 Å². The minimum atomic E-state index is -0.736. The topological polar surface area (TPSA) is 105 Å². The number of benzene rings is 2. The van der Waals surface area contributed by atoms with Crippen molar-refractivity contribution in [2.24, 2.45) is 0 Å². The first-order valence-corrected chi connectivity index (χ1v) is 10.1. The smallest absolute Gasteiger partial charge is 0.338 e. The average molecular weight is 464 g/mol. The molecule has 1 fully saturated rings. The number of rotatable bonds is 7. The quantitative estimate of drug-likeness (QED) is 0.484. The van der Waals surface area contributed by atoms with E-state index in [0.29, 0.717) is 15.6 Å². The van der Waals surface area contributed by atoms with E-state index >= 15 is 0 Å². The molecule has 1 aliphatic heterocycles. The molecule has 31 heavy (non-hydrogen) atoms. The van der Waals surface area contributed by atoms with Crippen molar-refractivity contribution in [1.29, 1.82) is 0 Å². The Hall–Kier alpha value is -3.10. The molecular weight excluding hydrogens is 445 g/mol. The Morgan fingerprint density at radius 1 is 1.16 bits per heavy atom. The Bertz CT molecular complexity index is 1030. The first kappa shape index (κ1) is 22.6. The van der Waals surface area contributed by atoms with Crippen LogP contribution in [0.5, 0.6) is 0 Å². The molecule has 4 amide bonds. The maximum absolute atomic E-state index is 12.5. The minimum absolute atomic E-state index is 0.0729. The SMILES string of the molecule is CC(NC(=O)COC(=O)c1ccccc1CN1C(=O)CNC1=O)c1ccc(Cl)c(Cl)c1. The molecule has 3 rings (SSSR count). The van der Waals surface area contributed by atoms with Crippen LogP contribution < -0.4 is 10.6 Å². The van der Waals surface area contributed by atoms with Crippen molar-refractivity contribution in [2.75, 3.05) is 13.2 Å². The third-order valence-electron chi connectivity index (χ3n) is 4.66. The molecule has 2 N–H and O–H groups in total. The Morgan fingerprint density at radius 2 is 1.90 bits per heavy atom. The van der Waals surface area contributed by atoms with Crippen molar-refractivity contribution >= 4 is 47.0 Å². The molecule has 1 atom stereocenters. The lowest BCUT2D eigenvalue weighted by Gasteiger charge is -2.16. The molecule has 8 nitrogen and oxygen atoms in total. The number of imide groups is 1. The number of nitrogens with zero attached hydrogens (tertiary/aromatic N) is 1. The van der Waals surface area contributed by atoms with Gasteiger partial charge in [-0.1, -0.05) is 47.5 Å². The van der Waals surface area contributed by atoms with Crippen LogP contribution in [-0.4, -0.2) is 41.9 Å². The fourth-order valence-electron chi connectivity index (χ4n) is 3.00. The predicted molar refractivity (Wildman–Crippen MR) is 114 cm³/mol. The highest BCUT2D eigenvalue weighted by atomic mass is 35.5. The Morgan fingerprint density at radius 3 is 2.58 bits per heavy atom. The molecular formula is C21H19Cl2N3O5. The lowest BCUT2D eigenvalue weighted by Crippen LogP contribution is -2.32. The number of nitrogens with one attached hydrogen (secondary N) is 2. The molecule has 0 aromatic heterocycles. The van der Waals surface area contributed by atoms with Gasteiger partial charge in [-0.25, -0.2) is 9.59 Å². The van der Waals surface area contributed by atoms with Crippen LogP contribution in [-0.2, 0) is 20.9 Å². The number of halogens is 2. The second-order valence-electron chi connectivity index (χ2n) is 6.83. The summed E-state index contributed by atoms with van der Waals surface area (Å²) in [7, 11) is 0. The highest BCUT2D eigenvalue weighted by Crippen LogP contribution is 2.25. The summed E-state index contributed by atoms with van der Waals surface area (Å²) < 4.78 is 5.13. The number of carbonyl (C=O) groups excluding carboxylic acids is 4. The molecule has 1 saturated heterocycles. The first-order valence-electron chi connectivity index (χ1n) is 9.33. The second kappa shape index (κ2) is 9.80. The van der Waals surface area contributed by atoms with Crippen LogP contribution in [0.3, 0.4) is 0 Å². The van der Waals surface area contributed by atoms with Crippen molar-refractivity contribution in [3.8, 4) is 0 Å². The summed E-state index contributed by atoms with van der Waals surface area (Å²) in [6, 6.07) is 10.5. The zero-order valence-electron chi connectivity index (χ0n) is 16.5. The van der Waals surface area contributed by atoms with Crippen molar-refractivity contribution in [1.82, 2.24) is 15.5 Å². The third kappa shape index (κ3) is 5.53. The summed E-state index contributed by atoms with van der Waals surface area (Å²) in [4.78, 5) is 49.3. The summed E-state index contributed by atoms with van der Waals surface area (Å²) in [5.74, 6) is -1.62. The predicted octanol–water partition coefficient (Wildman–Crippen LogP) is 3.08. The highest BCUT2D eigenvalue weighted by Gasteiger charge is 2.29. The Kier molecular flexibility index (Phi) is 7.14. The van der Waals surface area contributed by atoms with Crippen molar-refractivity contribution < 1.29 is 23.9 Å². The van der Waals surface area contributed by atoms with Crippen molar-refractivity contribution in [2.45, 2.75) is 19.5 Å². The van der Waals surface area contributed by atoms with Gasteiger partial charge in [-0.3, -0.25) is 14.5 Å². The van der Waals surface area contributed by atoms with E-state index in [1.807, 2.05) is 0 Å². The van der Waals surface area contributed by atoms with Gasteiger partial charge < -0.3 is 15.4 Å². The number of carbonyl (C=O) groups is 4.